The molecule has 5 heterocycles. The number of thiophene rings is 1. The van der Waals surface area contributed by atoms with Crippen LogP contribution < -0.4 is 5.32 Å². The van der Waals surface area contributed by atoms with Crippen molar-refractivity contribution in [1.82, 2.24) is 25.1 Å². The maximum absolute atomic E-state index is 12.4. The summed E-state index contributed by atoms with van der Waals surface area (Å²) >= 11 is 6.48. The molecule has 0 spiro atoms. The number of imide groups is 1. The quantitative estimate of drug-likeness (QED) is 0.415. The van der Waals surface area contributed by atoms with Gasteiger partial charge in [-0.3, -0.25) is 24.7 Å². The summed E-state index contributed by atoms with van der Waals surface area (Å²) in [5.41, 5.74) is 6.03. The topological polar surface area (TPSA) is 78.4 Å². The van der Waals surface area contributed by atoms with Crippen LogP contribution in [0.25, 0.3) is 15.8 Å². The highest BCUT2D eigenvalue weighted by Crippen LogP contribution is 2.39. The van der Waals surface area contributed by atoms with Crippen molar-refractivity contribution in [2.24, 2.45) is 0 Å². The highest BCUT2D eigenvalue weighted by Gasteiger charge is 2.39. The Morgan fingerprint density at radius 3 is 2.89 bits per heavy atom. The highest BCUT2D eigenvalue weighted by atomic mass is 32.1. The second-order valence-electron chi connectivity index (χ2n) is 9.52. The van der Waals surface area contributed by atoms with Gasteiger partial charge in [0.05, 0.1) is 17.1 Å². The summed E-state index contributed by atoms with van der Waals surface area (Å²) in [7, 11) is 0. The lowest BCUT2D eigenvalue weighted by Crippen LogP contribution is -2.51. The molecule has 2 unspecified atom stereocenters. The summed E-state index contributed by atoms with van der Waals surface area (Å²) in [5.74, 6) is 0.433. The first-order chi connectivity index (χ1) is 17.0. The van der Waals surface area contributed by atoms with E-state index < -0.39 is 0 Å². The summed E-state index contributed by atoms with van der Waals surface area (Å²) in [6.45, 7) is 5.39. The van der Waals surface area contributed by atoms with Gasteiger partial charge in [0, 0.05) is 38.0 Å². The molecule has 2 amide bonds. The highest BCUT2D eigenvalue weighted by molar-refractivity contribution is 7.80. The predicted octanol–water partition coefficient (Wildman–Crippen LogP) is 3.84. The standard InChI is InChI=1S/C26H27N5O2S2/c1-15-27-23(20-8-11-35-25(20)28-15)17-6-9-30(10-7-17)13-16-2-3-19-18(12-16)14-31(26(19)34)21-4-5-22(32)29-24(21)33/h2-3,6,8,11-12,21,26,34H,4-5,7,9-10,13-14H2,1H3,(H,29,32,33). The lowest BCUT2D eigenvalue weighted by Gasteiger charge is -2.32. The van der Waals surface area contributed by atoms with Crippen LogP contribution in [-0.2, 0) is 22.7 Å². The fourth-order valence-corrected chi connectivity index (χ4v) is 6.73. The van der Waals surface area contributed by atoms with Crippen LogP contribution in [0.3, 0.4) is 0 Å². The molecule has 35 heavy (non-hydrogen) atoms. The number of carbonyl (C=O) groups is 2. The molecule has 0 radical (unpaired) electrons. The first-order valence-corrected chi connectivity index (χ1v) is 13.4. The van der Waals surface area contributed by atoms with E-state index in [-0.39, 0.29) is 23.2 Å². The minimum absolute atomic E-state index is 0.131. The molecule has 1 N–H and O–H groups in total. The Kier molecular flexibility index (Phi) is 5.96. The van der Waals surface area contributed by atoms with Gasteiger partial charge in [0.25, 0.3) is 0 Å². The summed E-state index contributed by atoms with van der Waals surface area (Å²) in [5, 5.41) is 5.58. The number of rotatable bonds is 4. The van der Waals surface area contributed by atoms with Gasteiger partial charge in [0.2, 0.25) is 11.8 Å². The van der Waals surface area contributed by atoms with Crippen molar-refractivity contribution in [3.05, 3.63) is 63.9 Å². The minimum atomic E-state index is -0.308. The second kappa shape index (κ2) is 9.13. The molecule has 180 valence electrons. The maximum Gasteiger partial charge on any atom is 0.243 e. The van der Waals surface area contributed by atoms with Gasteiger partial charge in [-0.1, -0.05) is 24.3 Å². The number of nitrogens with one attached hydrogen (secondary N) is 1. The van der Waals surface area contributed by atoms with Gasteiger partial charge in [0.15, 0.2) is 0 Å². The molecule has 2 atom stereocenters. The van der Waals surface area contributed by atoms with E-state index in [4.69, 9.17) is 17.6 Å². The van der Waals surface area contributed by atoms with E-state index in [2.05, 4.69) is 55.8 Å². The van der Waals surface area contributed by atoms with Crippen molar-refractivity contribution < 1.29 is 9.59 Å². The molecule has 6 rings (SSSR count). The molecule has 9 heteroatoms. The van der Waals surface area contributed by atoms with Crippen LogP contribution in [0.1, 0.15) is 52.8 Å². The molecular weight excluding hydrogens is 478 g/mol. The molecule has 3 aromatic rings. The third-order valence-corrected chi connectivity index (χ3v) is 8.58. The summed E-state index contributed by atoms with van der Waals surface area (Å²) < 4.78 is 0. The van der Waals surface area contributed by atoms with Crippen LogP contribution in [0.4, 0.5) is 0 Å². The molecule has 2 aromatic heterocycles. The smallest absolute Gasteiger partial charge is 0.243 e. The lowest BCUT2D eigenvalue weighted by molar-refractivity contribution is -0.137. The Labute approximate surface area is 213 Å². The Balaban J connectivity index is 1.14. The Hall–Kier alpha value is -2.59. The van der Waals surface area contributed by atoms with Crippen LogP contribution >= 0.6 is 24.0 Å². The molecule has 0 bridgehead atoms. The fourth-order valence-electron chi connectivity index (χ4n) is 5.42. The summed E-state index contributed by atoms with van der Waals surface area (Å²) in [4.78, 5) is 38.9. The van der Waals surface area contributed by atoms with Crippen molar-refractivity contribution in [3.8, 4) is 0 Å². The van der Waals surface area contributed by atoms with Gasteiger partial charge in [-0.15, -0.1) is 11.3 Å². The van der Waals surface area contributed by atoms with Crippen molar-refractivity contribution in [3.63, 3.8) is 0 Å². The van der Waals surface area contributed by atoms with Crippen LogP contribution in [-0.4, -0.2) is 50.7 Å². The van der Waals surface area contributed by atoms with Gasteiger partial charge >= 0.3 is 0 Å². The van der Waals surface area contributed by atoms with Gasteiger partial charge in [-0.2, -0.15) is 12.6 Å². The van der Waals surface area contributed by atoms with E-state index >= 15 is 0 Å². The first-order valence-electron chi connectivity index (χ1n) is 12.0. The number of hydrogen-bond donors (Lipinski definition) is 2. The SMILES string of the molecule is Cc1nc(C2=CCN(Cc3ccc4c(c3)CN(C3CCC(=O)NC3=O)C4S)CC2)c2ccsc2n1. The van der Waals surface area contributed by atoms with Crippen molar-refractivity contribution in [1.29, 1.82) is 0 Å². The zero-order chi connectivity index (χ0) is 24.1. The van der Waals surface area contributed by atoms with Crippen LogP contribution in [0, 0.1) is 6.92 Å². The maximum atomic E-state index is 12.4. The van der Waals surface area contributed by atoms with Crippen LogP contribution in [0.5, 0.6) is 0 Å². The average molecular weight is 506 g/mol. The summed E-state index contributed by atoms with van der Waals surface area (Å²) in [6.07, 6.45) is 4.21. The molecule has 0 saturated carbocycles. The number of carbonyl (C=O) groups excluding carboxylic acids is 2. The first kappa shape index (κ1) is 22.8. The van der Waals surface area contributed by atoms with E-state index in [1.165, 1.54) is 16.7 Å². The van der Waals surface area contributed by atoms with E-state index in [1.54, 1.807) is 11.3 Å². The van der Waals surface area contributed by atoms with Crippen molar-refractivity contribution in [2.75, 3.05) is 13.1 Å². The number of piperidine rings is 1. The molecule has 3 aliphatic heterocycles. The molecule has 7 nitrogen and oxygen atoms in total. The minimum Gasteiger partial charge on any atom is -0.295 e. The van der Waals surface area contributed by atoms with Gasteiger partial charge < -0.3 is 0 Å². The van der Waals surface area contributed by atoms with Crippen LogP contribution in [0.15, 0.2) is 35.7 Å². The number of nitrogens with zero attached hydrogens (tertiary/aromatic N) is 4. The molecule has 1 aromatic carbocycles. The number of aryl methyl sites for hydroxylation is 1. The number of benzene rings is 1. The zero-order valence-corrected chi connectivity index (χ0v) is 21.2. The molecule has 3 aliphatic rings. The number of thiol groups is 1. The largest absolute Gasteiger partial charge is 0.295 e. The number of hydrogen-bond acceptors (Lipinski definition) is 8. The van der Waals surface area contributed by atoms with E-state index in [0.717, 1.165) is 53.4 Å². The monoisotopic (exact) mass is 505 g/mol. The van der Waals surface area contributed by atoms with Crippen molar-refractivity contribution >= 4 is 51.6 Å². The molecule has 0 aliphatic carbocycles. The van der Waals surface area contributed by atoms with Crippen LogP contribution in [0.2, 0.25) is 0 Å². The van der Waals surface area contributed by atoms with Gasteiger partial charge in [-0.05, 0) is 53.5 Å². The Bertz CT molecular complexity index is 1370. The zero-order valence-electron chi connectivity index (χ0n) is 19.5. The fraction of sp³-hybridized carbons (Fsp3) is 0.385. The lowest BCUT2D eigenvalue weighted by atomic mass is 10.0. The number of amides is 2. The normalized spacial score (nSPS) is 23.4. The molecule has 1 fully saturated rings. The van der Waals surface area contributed by atoms with E-state index in [0.29, 0.717) is 19.4 Å². The average Bonchev–Trinajstić information content (AvgIpc) is 3.43. The predicted molar refractivity (Wildman–Crippen MR) is 140 cm³/mol. The third kappa shape index (κ3) is 4.31. The van der Waals surface area contributed by atoms with E-state index in [9.17, 15) is 9.59 Å². The van der Waals surface area contributed by atoms with Gasteiger partial charge in [0.1, 0.15) is 10.7 Å². The Morgan fingerprint density at radius 1 is 1.20 bits per heavy atom. The molecular formula is C26H27N5O2S2. The number of aromatic nitrogens is 2. The van der Waals surface area contributed by atoms with Crippen molar-refractivity contribution in [2.45, 2.75) is 50.7 Å². The van der Waals surface area contributed by atoms with E-state index in [1.807, 2.05) is 6.92 Å². The third-order valence-electron chi connectivity index (χ3n) is 7.20. The number of fused-ring (bicyclic) bond motifs is 2. The molecule has 1 saturated heterocycles. The summed E-state index contributed by atoms with van der Waals surface area (Å²) in [6, 6.07) is 8.40. The van der Waals surface area contributed by atoms with Gasteiger partial charge in [-0.25, -0.2) is 9.97 Å². The Morgan fingerprint density at radius 2 is 2.09 bits per heavy atom. The second-order valence-corrected chi connectivity index (χ2v) is 10.9.